The Bertz CT molecular complexity index is 1230. The van der Waals surface area contributed by atoms with Crippen molar-refractivity contribution in [2.75, 3.05) is 21.3 Å². The highest BCUT2D eigenvalue weighted by molar-refractivity contribution is 7.89. The van der Waals surface area contributed by atoms with Gasteiger partial charge in [0.15, 0.2) is 11.5 Å². The fraction of sp³-hybridized carbons (Fsp3) is 0.269. The maximum absolute atomic E-state index is 13.3. The molecule has 0 heterocycles. The normalized spacial score (nSPS) is 12.9. The van der Waals surface area contributed by atoms with Crippen molar-refractivity contribution in [2.45, 2.75) is 30.3 Å². The number of sulfonamides is 1. The Hall–Kier alpha value is -3.56. The van der Waals surface area contributed by atoms with Gasteiger partial charge in [0, 0.05) is 6.07 Å². The van der Waals surface area contributed by atoms with Gasteiger partial charge in [0.2, 0.25) is 15.9 Å². The Kier molecular flexibility index (Phi) is 8.73. The molecule has 3 aromatic carbocycles. The predicted molar refractivity (Wildman–Crippen MR) is 133 cm³/mol. The van der Waals surface area contributed by atoms with Gasteiger partial charge in [-0.05, 0) is 48.7 Å². The second-order valence-electron chi connectivity index (χ2n) is 7.88. The molecule has 0 unspecified atom stereocenters. The minimum atomic E-state index is -4.05. The molecule has 0 aliphatic heterocycles. The first-order chi connectivity index (χ1) is 16.8. The lowest BCUT2D eigenvalue weighted by Crippen LogP contribution is -2.48. The number of carbonyl (C=O) groups excluding carboxylic acids is 1. The summed E-state index contributed by atoms with van der Waals surface area (Å²) in [7, 11) is 0.419. The molecule has 0 fully saturated rings. The van der Waals surface area contributed by atoms with Crippen LogP contribution in [0.1, 0.15) is 24.1 Å². The van der Waals surface area contributed by atoms with Crippen LogP contribution in [0.5, 0.6) is 17.2 Å². The van der Waals surface area contributed by atoms with Crippen molar-refractivity contribution in [3.05, 3.63) is 83.9 Å². The SMILES string of the molecule is COc1ccc([C@@H](C)NC(=O)[C@@H](Cc2ccccc2)NS(=O)(=O)c2ccc(OC)c(OC)c2)cc1. The summed E-state index contributed by atoms with van der Waals surface area (Å²) >= 11 is 0. The summed E-state index contributed by atoms with van der Waals surface area (Å²) in [6.07, 6.45) is 0.175. The molecule has 9 heteroatoms. The third-order valence-corrected chi connectivity index (χ3v) is 7.01. The lowest BCUT2D eigenvalue weighted by Gasteiger charge is -2.22. The Morgan fingerprint density at radius 3 is 2.11 bits per heavy atom. The van der Waals surface area contributed by atoms with Crippen LogP contribution in [0.25, 0.3) is 0 Å². The van der Waals surface area contributed by atoms with E-state index in [0.29, 0.717) is 11.5 Å². The number of nitrogens with one attached hydrogen (secondary N) is 2. The molecule has 35 heavy (non-hydrogen) atoms. The average Bonchev–Trinajstić information content (AvgIpc) is 2.88. The van der Waals surface area contributed by atoms with Gasteiger partial charge < -0.3 is 19.5 Å². The van der Waals surface area contributed by atoms with Crippen molar-refractivity contribution >= 4 is 15.9 Å². The van der Waals surface area contributed by atoms with Gasteiger partial charge in [0.05, 0.1) is 32.3 Å². The average molecular weight is 499 g/mol. The van der Waals surface area contributed by atoms with E-state index in [-0.39, 0.29) is 23.1 Å². The Labute approximate surface area is 206 Å². The van der Waals surface area contributed by atoms with Crippen LogP contribution in [0.3, 0.4) is 0 Å². The third-order valence-electron chi connectivity index (χ3n) is 5.54. The summed E-state index contributed by atoms with van der Waals surface area (Å²) in [6, 6.07) is 19.4. The van der Waals surface area contributed by atoms with Crippen LogP contribution >= 0.6 is 0 Å². The number of methoxy groups -OCH3 is 3. The maximum Gasteiger partial charge on any atom is 0.241 e. The molecule has 0 saturated carbocycles. The summed E-state index contributed by atoms with van der Waals surface area (Å²) in [6.45, 7) is 1.84. The van der Waals surface area contributed by atoms with E-state index in [1.54, 1.807) is 19.2 Å². The van der Waals surface area contributed by atoms with E-state index in [4.69, 9.17) is 14.2 Å². The van der Waals surface area contributed by atoms with E-state index >= 15 is 0 Å². The third kappa shape index (κ3) is 6.74. The molecule has 2 atom stereocenters. The minimum Gasteiger partial charge on any atom is -0.497 e. The van der Waals surface area contributed by atoms with Crippen molar-refractivity contribution in [1.29, 1.82) is 0 Å². The highest BCUT2D eigenvalue weighted by Gasteiger charge is 2.28. The zero-order valence-electron chi connectivity index (χ0n) is 20.1. The predicted octanol–water partition coefficient (Wildman–Crippen LogP) is 3.48. The van der Waals surface area contributed by atoms with Gasteiger partial charge >= 0.3 is 0 Å². The monoisotopic (exact) mass is 498 g/mol. The zero-order chi connectivity index (χ0) is 25.4. The van der Waals surface area contributed by atoms with Crippen molar-refractivity contribution in [2.24, 2.45) is 0 Å². The number of rotatable bonds is 11. The molecule has 0 bridgehead atoms. The van der Waals surface area contributed by atoms with Crippen LogP contribution < -0.4 is 24.2 Å². The quantitative estimate of drug-likeness (QED) is 0.420. The van der Waals surface area contributed by atoms with Crippen molar-refractivity contribution in [1.82, 2.24) is 10.0 Å². The molecule has 0 aliphatic carbocycles. The molecule has 3 rings (SSSR count). The second-order valence-corrected chi connectivity index (χ2v) is 9.60. The van der Waals surface area contributed by atoms with Crippen LogP contribution in [-0.4, -0.2) is 41.7 Å². The van der Waals surface area contributed by atoms with E-state index in [1.807, 2.05) is 49.4 Å². The number of amides is 1. The first-order valence-corrected chi connectivity index (χ1v) is 12.5. The maximum atomic E-state index is 13.3. The van der Waals surface area contributed by atoms with E-state index in [0.717, 1.165) is 11.1 Å². The van der Waals surface area contributed by atoms with Gasteiger partial charge in [-0.2, -0.15) is 4.72 Å². The molecule has 8 nitrogen and oxygen atoms in total. The van der Waals surface area contributed by atoms with Crippen LogP contribution in [0, 0.1) is 0 Å². The molecule has 0 saturated heterocycles. The molecule has 3 aromatic rings. The summed E-state index contributed by atoms with van der Waals surface area (Å²) < 4.78 is 44.6. The van der Waals surface area contributed by atoms with Gasteiger partial charge in [-0.3, -0.25) is 4.79 Å². The van der Waals surface area contributed by atoms with Gasteiger partial charge in [-0.1, -0.05) is 42.5 Å². The van der Waals surface area contributed by atoms with Gasteiger partial charge in [0.25, 0.3) is 0 Å². The van der Waals surface area contributed by atoms with Crippen LogP contribution in [0.4, 0.5) is 0 Å². The Morgan fingerprint density at radius 1 is 0.857 bits per heavy atom. The Morgan fingerprint density at radius 2 is 1.51 bits per heavy atom. The molecule has 0 radical (unpaired) electrons. The standard InChI is InChI=1S/C26H30N2O6S/c1-18(20-10-12-21(32-2)13-11-20)27-26(29)23(16-19-8-6-5-7-9-19)28-35(30,31)22-14-15-24(33-3)25(17-22)34-4/h5-15,17-18,23,28H,16H2,1-4H3,(H,27,29)/t18-,23-/m1/s1. The minimum absolute atomic E-state index is 0.0378. The van der Waals surface area contributed by atoms with Crippen LogP contribution in [0.2, 0.25) is 0 Å². The fourth-order valence-corrected chi connectivity index (χ4v) is 4.78. The number of ether oxygens (including phenoxy) is 3. The summed E-state index contributed by atoms with van der Waals surface area (Å²) in [5, 5.41) is 2.92. The number of hydrogen-bond donors (Lipinski definition) is 2. The highest BCUT2D eigenvalue weighted by Crippen LogP contribution is 2.29. The zero-order valence-corrected chi connectivity index (χ0v) is 21.0. The van der Waals surface area contributed by atoms with Crippen molar-refractivity contribution in [3.63, 3.8) is 0 Å². The molecule has 186 valence electrons. The Balaban J connectivity index is 1.85. The first kappa shape index (κ1) is 26.1. The van der Waals surface area contributed by atoms with Gasteiger partial charge in [-0.15, -0.1) is 0 Å². The number of hydrogen-bond acceptors (Lipinski definition) is 6. The van der Waals surface area contributed by atoms with E-state index in [2.05, 4.69) is 10.0 Å². The number of carbonyl (C=O) groups is 1. The lowest BCUT2D eigenvalue weighted by molar-refractivity contribution is -0.123. The lowest BCUT2D eigenvalue weighted by atomic mass is 10.0. The molecule has 1 amide bonds. The topological polar surface area (TPSA) is 103 Å². The fourth-order valence-electron chi connectivity index (χ4n) is 3.57. The van der Waals surface area contributed by atoms with E-state index < -0.39 is 22.0 Å². The van der Waals surface area contributed by atoms with E-state index in [1.165, 1.54) is 32.4 Å². The summed E-state index contributed by atoms with van der Waals surface area (Å²) in [4.78, 5) is 13.2. The van der Waals surface area contributed by atoms with Gasteiger partial charge in [-0.25, -0.2) is 8.42 Å². The number of benzene rings is 3. The highest BCUT2D eigenvalue weighted by atomic mass is 32.2. The van der Waals surface area contributed by atoms with Crippen molar-refractivity contribution < 1.29 is 27.4 Å². The smallest absolute Gasteiger partial charge is 0.241 e. The molecule has 0 spiro atoms. The summed E-state index contributed by atoms with van der Waals surface area (Å²) in [5.74, 6) is 0.934. The molecule has 0 aromatic heterocycles. The first-order valence-electron chi connectivity index (χ1n) is 11.0. The largest absolute Gasteiger partial charge is 0.497 e. The molecular weight excluding hydrogens is 468 g/mol. The van der Waals surface area contributed by atoms with Crippen LogP contribution in [0.15, 0.2) is 77.7 Å². The molecule has 2 N–H and O–H groups in total. The van der Waals surface area contributed by atoms with Gasteiger partial charge in [0.1, 0.15) is 11.8 Å². The summed E-state index contributed by atoms with van der Waals surface area (Å²) in [5.41, 5.74) is 1.68. The molecular formula is C26H30N2O6S. The van der Waals surface area contributed by atoms with Crippen molar-refractivity contribution in [3.8, 4) is 17.2 Å². The molecule has 0 aliphatic rings. The van der Waals surface area contributed by atoms with E-state index in [9.17, 15) is 13.2 Å². The van der Waals surface area contributed by atoms with Crippen LogP contribution in [-0.2, 0) is 21.2 Å². The second kappa shape index (κ2) is 11.7.